The smallest absolute Gasteiger partial charge is 0.248 e. The van der Waals surface area contributed by atoms with E-state index in [1.165, 1.54) is 6.92 Å². The number of rotatable bonds is 4. The van der Waals surface area contributed by atoms with Gasteiger partial charge in [0, 0.05) is 26.1 Å². The van der Waals surface area contributed by atoms with E-state index in [4.69, 9.17) is 4.74 Å². The molecular weight excluding hydrogens is 220 g/mol. The van der Waals surface area contributed by atoms with Gasteiger partial charge in [0.2, 0.25) is 11.8 Å². The van der Waals surface area contributed by atoms with E-state index < -0.39 is 0 Å². The molecule has 0 bridgehead atoms. The Labute approximate surface area is 102 Å². The lowest BCUT2D eigenvalue weighted by Crippen LogP contribution is -2.47. The van der Waals surface area contributed by atoms with Gasteiger partial charge in [-0.2, -0.15) is 0 Å². The number of hydrogen-bond donors (Lipinski definition) is 1. The van der Waals surface area contributed by atoms with E-state index >= 15 is 0 Å². The molecule has 2 amide bonds. The van der Waals surface area contributed by atoms with Gasteiger partial charge in [0.05, 0.1) is 6.10 Å². The molecule has 1 heterocycles. The number of nitrogens with one attached hydrogen (secondary N) is 1. The first-order valence-corrected chi connectivity index (χ1v) is 6.15. The van der Waals surface area contributed by atoms with Crippen molar-refractivity contribution < 1.29 is 14.3 Å². The van der Waals surface area contributed by atoms with Gasteiger partial charge in [0.25, 0.3) is 0 Å². The molecule has 0 aromatic heterocycles. The van der Waals surface area contributed by atoms with Crippen LogP contribution in [0.4, 0.5) is 0 Å². The highest BCUT2D eigenvalue weighted by molar-refractivity contribution is 5.77. The normalized spacial score (nSPS) is 17.3. The van der Waals surface area contributed by atoms with E-state index in [1.807, 2.05) is 13.8 Å². The highest BCUT2D eigenvalue weighted by Crippen LogP contribution is 2.10. The summed E-state index contributed by atoms with van der Waals surface area (Å²) < 4.78 is 5.29. The zero-order valence-corrected chi connectivity index (χ0v) is 10.9. The Morgan fingerprint density at radius 2 is 1.94 bits per heavy atom. The number of carbonyl (C=O) groups excluding carboxylic acids is 2. The van der Waals surface area contributed by atoms with Gasteiger partial charge in [-0.15, -0.1) is 0 Å². The monoisotopic (exact) mass is 242 g/mol. The van der Waals surface area contributed by atoms with Crippen molar-refractivity contribution in [2.75, 3.05) is 19.7 Å². The third-order valence-electron chi connectivity index (χ3n) is 2.80. The van der Waals surface area contributed by atoms with Gasteiger partial charge in [-0.25, -0.2) is 0 Å². The lowest BCUT2D eigenvalue weighted by molar-refractivity contribution is -0.138. The second kappa shape index (κ2) is 6.59. The minimum Gasteiger partial charge on any atom is -0.369 e. The van der Waals surface area contributed by atoms with E-state index in [9.17, 15) is 9.59 Å². The fourth-order valence-corrected chi connectivity index (χ4v) is 1.89. The molecule has 5 heteroatoms. The maximum Gasteiger partial charge on any atom is 0.248 e. The molecule has 1 aliphatic heterocycles. The Bertz CT molecular complexity index is 271. The van der Waals surface area contributed by atoms with Crippen LogP contribution in [0, 0.1) is 0 Å². The number of piperidine rings is 1. The van der Waals surface area contributed by atoms with Crippen LogP contribution in [0.15, 0.2) is 0 Å². The fraction of sp³-hybridized carbons (Fsp3) is 0.833. The Morgan fingerprint density at radius 3 is 2.41 bits per heavy atom. The first kappa shape index (κ1) is 14.0. The number of carbonyl (C=O) groups is 2. The van der Waals surface area contributed by atoms with Crippen LogP contribution in [0.1, 0.15) is 33.6 Å². The number of nitrogens with zero attached hydrogens (tertiary/aromatic N) is 1. The quantitative estimate of drug-likeness (QED) is 0.782. The largest absolute Gasteiger partial charge is 0.369 e. The van der Waals surface area contributed by atoms with Crippen molar-refractivity contribution in [1.82, 2.24) is 10.2 Å². The summed E-state index contributed by atoms with van der Waals surface area (Å²) in [4.78, 5) is 24.4. The van der Waals surface area contributed by atoms with Crippen LogP contribution in [0.5, 0.6) is 0 Å². The van der Waals surface area contributed by atoms with Crippen LogP contribution in [0.3, 0.4) is 0 Å². The maximum atomic E-state index is 11.7. The summed E-state index contributed by atoms with van der Waals surface area (Å²) in [5.41, 5.74) is 0. The Balaban J connectivity index is 2.26. The van der Waals surface area contributed by atoms with Crippen LogP contribution >= 0.6 is 0 Å². The molecule has 98 valence electrons. The topological polar surface area (TPSA) is 58.6 Å². The Morgan fingerprint density at radius 1 is 1.35 bits per heavy atom. The third-order valence-corrected chi connectivity index (χ3v) is 2.80. The molecule has 5 nitrogen and oxygen atoms in total. The second-order valence-electron chi connectivity index (χ2n) is 4.72. The summed E-state index contributed by atoms with van der Waals surface area (Å²) >= 11 is 0. The number of hydrogen-bond acceptors (Lipinski definition) is 3. The number of amides is 2. The third kappa shape index (κ3) is 5.17. The number of likely N-dealkylation sites (tertiary alicyclic amines) is 1. The van der Waals surface area contributed by atoms with Gasteiger partial charge in [0.1, 0.15) is 6.61 Å². The summed E-state index contributed by atoms with van der Waals surface area (Å²) in [5, 5.41) is 2.88. The zero-order chi connectivity index (χ0) is 12.8. The standard InChI is InChI=1S/C12H22N2O3/c1-9(2)17-8-12(16)14-6-4-11(5-7-14)13-10(3)15/h9,11H,4-8H2,1-3H3,(H,13,15). The summed E-state index contributed by atoms with van der Waals surface area (Å²) in [5.74, 6) is 0.0397. The van der Waals surface area contributed by atoms with Crippen molar-refractivity contribution >= 4 is 11.8 Å². The minimum absolute atomic E-state index is 0.00193. The van der Waals surface area contributed by atoms with E-state index in [-0.39, 0.29) is 30.6 Å². The predicted molar refractivity (Wildman–Crippen MR) is 64.5 cm³/mol. The van der Waals surface area contributed by atoms with Crippen molar-refractivity contribution in [3.05, 3.63) is 0 Å². The molecule has 0 saturated carbocycles. The van der Waals surface area contributed by atoms with Gasteiger partial charge in [-0.1, -0.05) is 0 Å². The Hall–Kier alpha value is -1.10. The summed E-state index contributed by atoms with van der Waals surface area (Å²) in [6, 6.07) is 0.211. The Kier molecular flexibility index (Phi) is 5.41. The maximum absolute atomic E-state index is 11.7. The average molecular weight is 242 g/mol. The minimum atomic E-state index is -0.00193. The molecular formula is C12H22N2O3. The molecule has 17 heavy (non-hydrogen) atoms. The zero-order valence-electron chi connectivity index (χ0n) is 10.9. The number of ether oxygens (including phenoxy) is 1. The summed E-state index contributed by atoms with van der Waals surface area (Å²) in [7, 11) is 0. The second-order valence-corrected chi connectivity index (χ2v) is 4.72. The SMILES string of the molecule is CC(=O)NC1CCN(C(=O)COC(C)C)CC1. The molecule has 1 saturated heterocycles. The molecule has 1 fully saturated rings. The molecule has 1 N–H and O–H groups in total. The molecule has 0 aromatic carbocycles. The van der Waals surface area contributed by atoms with Crippen LogP contribution < -0.4 is 5.32 Å². The molecule has 0 radical (unpaired) electrons. The predicted octanol–water partition coefficient (Wildman–Crippen LogP) is 0.539. The van der Waals surface area contributed by atoms with Crippen molar-refractivity contribution in [3.8, 4) is 0 Å². The molecule has 0 unspecified atom stereocenters. The molecule has 0 aliphatic carbocycles. The molecule has 1 aliphatic rings. The van der Waals surface area contributed by atoms with Gasteiger partial charge in [-0.3, -0.25) is 9.59 Å². The highest BCUT2D eigenvalue weighted by atomic mass is 16.5. The van der Waals surface area contributed by atoms with Crippen molar-refractivity contribution in [2.24, 2.45) is 0 Å². The summed E-state index contributed by atoms with van der Waals surface area (Å²) in [6.07, 6.45) is 1.73. The molecule has 0 atom stereocenters. The summed E-state index contributed by atoms with van der Waals surface area (Å²) in [6.45, 7) is 6.90. The lowest BCUT2D eigenvalue weighted by atomic mass is 10.1. The average Bonchev–Trinajstić information content (AvgIpc) is 2.26. The lowest BCUT2D eigenvalue weighted by Gasteiger charge is -2.32. The van der Waals surface area contributed by atoms with E-state index in [2.05, 4.69) is 5.32 Å². The van der Waals surface area contributed by atoms with Crippen LogP contribution in [0.2, 0.25) is 0 Å². The van der Waals surface area contributed by atoms with Crippen LogP contribution in [-0.4, -0.2) is 48.6 Å². The van der Waals surface area contributed by atoms with Gasteiger partial charge in [-0.05, 0) is 26.7 Å². The van der Waals surface area contributed by atoms with Crippen molar-refractivity contribution in [2.45, 2.75) is 45.8 Å². The first-order valence-electron chi connectivity index (χ1n) is 6.15. The fourth-order valence-electron chi connectivity index (χ4n) is 1.89. The van der Waals surface area contributed by atoms with E-state index in [0.29, 0.717) is 13.1 Å². The highest BCUT2D eigenvalue weighted by Gasteiger charge is 2.23. The van der Waals surface area contributed by atoms with Crippen molar-refractivity contribution in [1.29, 1.82) is 0 Å². The van der Waals surface area contributed by atoms with Crippen LogP contribution in [0.25, 0.3) is 0 Å². The van der Waals surface area contributed by atoms with Gasteiger partial charge < -0.3 is 15.0 Å². The molecule has 1 rings (SSSR count). The van der Waals surface area contributed by atoms with Crippen molar-refractivity contribution in [3.63, 3.8) is 0 Å². The molecule has 0 spiro atoms. The van der Waals surface area contributed by atoms with Gasteiger partial charge >= 0.3 is 0 Å². The van der Waals surface area contributed by atoms with Gasteiger partial charge in [0.15, 0.2) is 0 Å². The van der Waals surface area contributed by atoms with E-state index in [1.54, 1.807) is 4.90 Å². The molecule has 0 aromatic rings. The van der Waals surface area contributed by atoms with Crippen LogP contribution in [-0.2, 0) is 14.3 Å². The first-order chi connectivity index (χ1) is 7.99. The van der Waals surface area contributed by atoms with E-state index in [0.717, 1.165) is 12.8 Å².